The smallest absolute Gasteiger partial charge is 0.358 e. The van der Waals surface area contributed by atoms with Crippen molar-refractivity contribution in [2.45, 2.75) is 19.6 Å². The number of nitrogens with zero attached hydrogens (tertiary/aromatic N) is 4. The fourth-order valence-corrected chi connectivity index (χ4v) is 3.73. The highest BCUT2D eigenvalue weighted by atomic mass is 28.3. The lowest BCUT2D eigenvalue weighted by Gasteiger charge is -2.17. The maximum Gasteiger partial charge on any atom is 0.416 e. The molecule has 7 heteroatoms. The minimum absolute atomic E-state index is 0.203. The van der Waals surface area contributed by atoms with Crippen LogP contribution in [-0.4, -0.2) is 27.8 Å². The molecule has 0 aliphatic rings. The third-order valence-electron chi connectivity index (χ3n) is 3.88. The Morgan fingerprint density at radius 2 is 1.91 bits per heavy atom. The zero-order chi connectivity index (χ0) is 16.8. The maximum atomic E-state index is 11.2. The van der Waals surface area contributed by atoms with Gasteiger partial charge < -0.3 is 10.1 Å². The number of benzene rings is 1. The van der Waals surface area contributed by atoms with Gasteiger partial charge in [-0.05, 0) is 17.1 Å². The number of nitro groups is 1. The fraction of sp³-hybridized carbons (Fsp3) is 0.250. The molecule has 0 saturated heterocycles. The van der Waals surface area contributed by atoms with Crippen molar-refractivity contribution in [1.82, 2.24) is 14.8 Å². The van der Waals surface area contributed by atoms with Crippen LogP contribution in [0.2, 0.25) is 19.6 Å². The molecule has 0 aliphatic heterocycles. The fourth-order valence-electron chi connectivity index (χ4n) is 2.55. The normalized spacial score (nSPS) is 11.8. The standard InChI is InChI=1S/C16H18N4O2Si/c1-19-14-9-8-13(17-15(14)16(18-19)20(21)22)11-6-5-7-12(10-11)23(2,3)4/h5-10H,1-4H3. The molecule has 2 aromatic heterocycles. The molecule has 3 aromatic rings. The molecule has 1 aromatic carbocycles. The predicted molar refractivity (Wildman–Crippen MR) is 93.6 cm³/mol. The van der Waals surface area contributed by atoms with Gasteiger partial charge in [-0.15, -0.1) is 0 Å². The van der Waals surface area contributed by atoms with E-state index in [1.807, 2.05) is 24.3 Å². The molecule has 118 valence electrons. The number of hydrogen-bond donors (Lipinski definition) is 0. The first-order chi connectivity index (χ1) is 10.8. The summed E-state index contributed by atoms with van der Waals surface area (Å²) in [5, 5.41) is 16.4. The van der Waals surface area contributed by atoms with Gasteiger partial charge in [-0.25, -0.2) is 4.98 Å². The summed E-state index contributed by atoms with van der Waals surface area (Å²) in [5.41, 5.74) is 2.69. The van der Waals surface area contributed by atoms with Gasteiger partial charge in [0.15, 0.2) is 5.52 Å². The number of fused-ring (bicyclic) bond motifs is 1. The van der Waals surface area contributed by atoms with Crippen molar-refractivity contribution in [3.63, 3.8) is 0 Å². The Morgan fingerprint density at radius 3 is 2.57 bits per heavy atom. The molecule has 3 rings (SSSR count). The summed E-state index contributed by atoms with van der Waals surface area (Å²) >= 11 is 0. The van der Waals surface area contributed by atoms with E-state index in [2.05, 4.69) is 41.9 Å². The van der Waals surface area contributed by atoms with Gasteiger partial charge in [-0.1, -0.05) is 49.1 Å². The van der Waals surface area contributed by atoms with Crippen LogP contribution in [0.15, 0.2) is 36.4 Å². The van der Waals surface area contributed by atoms with E-state index in [4.69, 9.17) is 0 Å². The van der Waals surface area contributed by atoms with E-state index < -0.39 is 13.0 Å². The summed E-state index contributed by atoms with van der Waals surface area (Å²) < 4.78 is 1.49. The molecule has 0 radical (unpaired) electrons. The third kappa shape index (κ3) is 2.75. The van der Waals surface area contributed by atoms with Crippen molar-refractivity contribution in [2.75, 3.05) is 0 Å². The first-order valence-corrected chi connectivity index (χ1v) is 10.9. The monoisotopic (exact) mass is 326 g/mol. The maximum absolute atomic E-state index is 11.2. The van der Waals surface area contributed by atoms with E-state index in [-0.39, 0.29) is 5.82 Å². The molecule has 6 nitrogen and oxygen atoms in total. The molecule has 0 amide bonds. The summed E-state index contributed by atoms with van der Waals surface area (Å²) in [6, 6.07) is 12.0. The molecular formula is C16H18N4O2Si. The van der Waals surface area contributed by atoms with Crippen molar-refractivity contribution < 1.29 is 4.92 Å². The van der Waals surface area contributed by atoms with Crippen molar-refractivity contribution in [2.24, 2.45) is 7.05 Å². The lowest BCUT2D eigenvalue weighted by atomic mass is 10.1. The first-order valence-electron chi connectivity index (χ1n) is 7.36. The summed E-state index contributed by atoms with van der Waals surface area (Å²) in [6.45, 7) is 6.86. The topological polar surface area (TPSA) is 73.8 Å². The van der Waals surface area contributed by atoms with E-state index in [1.54, 1.807) is 7.05 Å². The largest absolute Gasteiger partial charge is 0.416 e. The SMILES string of the molecule is Cn1nc([N+](=O)[O-])c2nc(-c3cccc([Si](C)(C)C)c3)ccc21. The number of aryl methyl sites for hydroxylation is 1. The Kier molecular flexibility index (Phi) is 3.52. The van der Waals surface area contributed by atoms with Crippen LogP contribution in [0.5, 0.6) is 0 Å². The van der Waals surface area contributed by atoms with E-state index in [1.165, 1.54) is 9.87 Å². The van der Waals surface area contributed by atoms with E-state index in [9.17, 15) is 10.1 Å². The van der Waals surface area contributed by atoms with Gasteiger partial charge in [-0.3, -0.25) is 0 Å². The van der Waals surface area contributed by atoms with Crippen LogP contribution in [0.4, 0.5) is 5.82 Å². The molecule has 0 unspecified atom stereocenters. The van der Waals surface area contributed by atoms with Crippen molar-refractivity contribution >= 4 is 30.1 Å². The lowest BCUT2D eigenvalue weighted by molar-refractivity contribution is -0.388. The zero-order valence-corrected chi connectivity index (χ0v) is 14.6. The van der Waals surface area contributed by atoms with E-state index in [0.717, 1.165) is 11.3 Å². The van der Waals surface area contributed by atoms with Crippen LogP contribution in [-0.2, 0) is 7.05 Å². The van der Waals surface area contributed by atoms with Gasteiger partial charge in [0.1, 0.15) is 5.52 Å². The Balaban J connectivity index is 2.18. The Morgan fingerprint density at radius 1 is 1.17 bits per heavy atom. The predicted octanol–water partition coefficient (Wildman–Crippen LogP) is 3.09. The van der Waals surface area contributed by atoms with Crippen LogP contribution >= 0.6 is 0 Å². The highest BCUT2D eigenvalue weighted by Gasteiger charge is 2.22. The minimum Gasteiger partial charge on any atom is -0.358 e. The summed E-state index contributed by atoms with van der Waals surface area (Å²) in [7, 11) is 0.255. The molecule has 0 spiro atoms. The van der Waals surface area contributed by atoms with Crippen LogP contribution in [0, 0.1) is 10.1 Å². The molecule has 0 bridgehead atoms. The Bertz CT molecular complexity index is 912. The second-order valence-corrected chi connectivity index (χ2v) is 11.7. The number of aromatic nitrogens is 3. The molecule has 0 fully saturated rings. The van der Waals surface area contributed by atoms with Crippen molar-refractivity contribution in [3.05, 3.63) is 46.5 Å². The van der Waals surface area contributed by atoms with Gasteiger partial charge >= 0.3 is 5.82 Å². The molecule has 0 N–H and O–H groups in total. The van der Waals surface area contributed by atoms with Gasteiger partial charge in [0, 0.05) is 5.56 Å². The van der Waals surface area contributed by atoms with Crippen LogP contribution in [0.25, 0.3) is 22.3 Å². The zero-order valence-electron chi connectivity index (χ0n) is 13.6. The Hall–Kier alpha value is -2.54. The van der Waals surface area contributed by atoms with Gasteiger partial charge in [0.2, 0.25) is 0 Å². The lowest BCUT2D eigenvalue weighted by Crippen LogP contribution is -2.37. The molecular weight excluding hydrogens is 308 g/mol. The van der Waals surface area contributed by atoms with Gasteiger partial charge in [-0.2, -0.15) is 4.68 Å². The van der Waals surface area contributed by atoms with E-state index >= 15 is 0 Å². The molecule has 2 heterocycles. The second kappa shape index (κ2) is 5.27. The second-order valence-electron chi connectivity index (χ2n) is 6.60. The van der Waals surface area contributed by atoms with Crippen molar-refractivity contribution in [1.29, 1.82) is 0 Å². The number of hydrogen-bond acceptors (Lipinski definition) is 4. The minimum atomic E-state index is -1.43. The first kappa shape index (κ1) is 15.4. The average Bonchev–Trinajstić information content (AvgIpc) is 2.83. The highest BCUT2D eigenvalue weighted by molar-refractivity contribution is 6.88. The Labute approximate surface area is 134 Å². The van der Waals surface area contributed by atoms with Gasteiger partial charge in [0.25, 0.3) is 0 Å². The average molecular weight is 326 g/mol. The summed E-state index contributed by atoms with van der Waals surface area (Å²) in [4.78, 5) is 15.2. The van der Waals surface area contributed by atoms with Crippen LogP contribution in [0.1, 0.15) is 0 Å². The number of rotatable bonds is 3. The third-order valence-corrected chi connectivity index (χ3v) is 5.92. The number of pyridine rings is 1. The van der Waals surface area contributed by atoms with Gasteiger partial charge in [0.05, 0.1) is 25.9 Å². The summed E-state index contributed by atoms with van der Waals surface area (Å²) in [6.07, 6.45) is 0. The molecule has 0 atom stereocenters. The van der Waals surface area contributed by atoms with Crippen LogP contribution in [0.3, 0.4) is 0 Å². The van der Waals surface area contributed by atoms with Crippen LogP contribution < -0.4 is 5.19 Å². The quantitative estimate of drug-likeness (QED) is 0.421. The summed E-state index contributed by atoms with van der Waals surface area (Å²) in [5.74, 6) is -0.203. The van der Waals surface area contributed by atoms with Crippen molar-refractivity contribution in [3.8, 4) is 11.3 Å². The molecule has 23 heavy (non-hydrogen) atoms. The molecule has 0 aliphatic carbocycles. The molecule has 0 saturated carbocycles. The highest BCUT2D eigenvalue weighted by Crippen LogP contribution is 2.26. The van der Waals surface area contributed by atoms with E-state index in [0.29, 0.717) is 11.0 Å².